The number of nitrogens with zero attached hydrogens (tertiary/aromatic N) is 6. The van der Waals surface area contributed by atoms with Crippen molar-refractivity contribution in [1.82, 2.24) is 9.78 Å². The molecule has 0 aliphatic carbocycles. The number of nitro benzene ring substituents is 1. The van der Waals surface area contributed by atoms with Gasteiger partial charge in [-0.15, -0.1) is 14.6 Å². The number of hydrogen-bond acceptors (Lipinski definition) is 8. The van der Waals surface area contributed by atoms with Crippen molar-refractivity contribution < 1.29 is 13.3 Å². The number of non-ortho nitro benzene ring substituents is 1. The van der Waals surface area contributed by atoms with E-state index in [0.29, 0.717) is 28.6 Å². The van der Waals surface area contributed by atoms with Crippen LogP contribution in [0.2, 0.25) is 0 Å². The average molecular weight is 520 g/mol. The molecule has 0 unspecified atom stereocenters. The fraction of sp³-hybridized carbons (Fsp3) is 0.0435. The summed E-state index contributed by atoms with van der Waals surface area (Å²) in [5, 5.41) is 27.4. The minimum atomic E-state index is -4.03. The average Bonchev–Trinajstić information content (AvgIpc) is 3.17. The first-order chi connectivity index (χ1) is 17.6. The largest absolute Gasteiger partial charge is 0.369 e. The molecule has 188 valence electrons. The zero-order valence-corrected chi connectivity index (χ0v) is 20.2. The highest BCUT2D eigenvalue weighted by atomic mass is 32.2. The zero-order chi connectivity index (χ0) is 26.6. The maximum Gasteiger partial charge on any atom is 0.285 e. The number of hydrogen-bond donors (Lipinski definition) is 3. The van der Waals surface area contributed by atoms with E-state index < -0.39 is 20.9 Å². The third-order valence-electron chi connectivity index (χ3n) is 5.05. The van der Waals surface area contributed by atoms with Crippen LogP contribution in [0.15, 0.2) is 98.4 Å². The quantitative estimate of drug-likeness (QED) is 0.101. The highest BCUT2D eigenvalue weighted by Gasteiger charge is 2.18. The van der Waals surface area contributed by atoms with Crippen LogP contribution in [-0.2, 0) is 10.0 Å². The summed E-state index contributed by atoms with van der Waals surface area (Å²) in [6.45, 7) is 1.78. The van der Waals surface area contributed by atoms with E-state index in [4.69, 9.17) is 11.5 Å². The van der Waals surface area contributed by atoms with Gasteiger partial charge in [-0.3, -0.25) is 10.1 Å². The molecule has 0 spiro atoms. The molecule has 3 aromatic carbocycles. The van der Waals surface area contributed by atoms with Crippen LogP contribution in [0.1, 0.15) is 5.69 Å². The SMILES string of the molecule is Cc1c(N=Nc2ccc(S(=O)(=O)N=C(N)N)cc2)c(Nc2ccccc2)nn1-c1ccc([N+](=O)[O-])cc1. The van der Waals surface area contributed by atoms with Gasteiger partial charge >= 0.3 is 0 Å². The predicted octanol–water partition coefficient (Wildman–Crippen LogP) is 4.21. The second-order valence-corrected chi connectivity index (χ2v) is 9.25. The Bertz CT molecular complexity index is 1590. The zero-order valence-electron chi connectivity index (χ0n) is 19.4. The van der Waals surface area contributed by atoms with E-state index >= 15 is 0 Å². The first kappa shape index (κ1) is 25.0. The first-order valence-corrected chi connectivity index (χ1v) is 12.1. The number of azo groups is 1. The number of guanidine groups is 1. The minimum Gasteiger partial charge on any atom is -0.369 e. The molecule has 0 saturated heterocycles. The molecule has 37 heavy (non-hydrogen) atoms. The van der Waals surface area contributed by atoms with Gasteiger partial charge in [0.1, 0.15) is 0 Å². The molecule has 0 bridgehead atoms. The first-order valence-electron chi connectivity index (χ1n) is 10.7. The van der Waals surface area contributed by atoms with Gasteiger partial charge in [0.25, 0.3) is 15.7 Å². The number of para-hydroxylation sites is 1. The molecule has 4 rings (SSSR count). The Labute approximate surface area is 211 Å². The Balaban J connectivity index is 1.70. The van der Waals surface area contributed by atoms with Gasteiger partial charge in [-0.1, -0.05) is 18.2 Å². The predicted molar refractivity (Wildman–Crippen MR) is 138 cm³/mol. The third kappa shape index (κ3) is 5.76. The molecular weight excluding hydrogens is 498 g/mol. The summed E-state index contributed by atoms with van der Waals surface area (Å²) < 4.78 is 29.1. The van der Waals surface area contributed by atoms with Crippen molar-refractivity contribution in [3.8, 4) is 5.69 Å². The van der Waals surface area contributed by atoms with Gasteiger partial charge in [0, 0.05) is 17.8 Å². The Hall–Kier alpha value is -5.11. The number of benzene rings is 3. The molecule has 0 fully saturated rings. The van der Waals surface area contributed by atoms with E-state index in [0.717, 1.165) is 5.69 Å². The van der Waals surface area contributed by atoms with Crippen LogP contribution in [0.3, 0.4) is 0 Å². The summed E-state index contributed by atoms with van der Waals surface area (Å²) in [4.78, 5) is 10.4. The van der Waals surface area contributed by atoms with Crippen LogP contribution in [0.25, 0.3) is 5.69 Å². The summed E-state index contributed by atoms with van der Waals surface area (Å²) in [7, 11) is -4.03. The Morgan fingerprint density at radius 1 is 0.973 bits per heavy atom. The number of rotatable bonds is 8. The Morgan fingerprint density at radius 2 is 1.62 bits per heavy atom. The number of nitrogens with two attached hydrogens (primary N) is 2. The van der Waals surface area contributed by atoms with Crippen molar-refractivity contribution in [2.24, 2.45) is 26.1 Å². The van der Waals surface area contributed by atoms with Crippen LogP contribution < -0.4 is 16.8 Å². The monoisotopic (exact) mass is 519 g/mol. The lowest BCUT2D eigenvalue weighted by molar-refractivity contribution is -0.384. The summed E-state index contributed by atoms with van der Waals surface area (Å²) >= 11 is 0. The lowest BCUT2D eigenvalue weighted by Crippen LogP contribution is -2.24. The van der Waals surface area contributed by atoms with Crippen molar-refractivity contribution in [3.05, 3.63) is 94.7 Å². The van der Waals surface area contributed by atoms with Crippen molar-refractivity contribution in [2.45, 2.75) is 11.8 Å². The fourth-order valence-electron chi connectivity index (χ4n) is 3.31. The maximum absolute atomic E-state index is 12.1. The number of aromatic nitrogens is 2. The summed E-state index contributed by atoms with van der Waals surface area (Å²) in [5.74, 6) is -0.166. The van der Waals surface area contributed by atoms with E-state index in [-0.39, 0.29) is 10.6 Å². The summed E-state index contributed by atoms with van der Waals surface area (Å²) in [6.07, 6.45) is 0. The molecular formula is C23H21N9O4S. The molecule has 0 aliphatic rings. The van der Waals surface area contributed by atoms with Crippen LogP contribution in [0, 0.1) is 17.0 Å². The van der Waals surface area contributed by atoms with E-state index in [1.807, 2.05) is 30.3 Å². The van der Waals surface area contributed by atoms with E-state index in [9.17, 15) is 18.5 Å². The van der Waals surface area contributed by atoms with E-state index in [1.54, 1.807) is 23.7 Å². The molecule has 1 heterocycles. The van der Waals surface area contributed by atoms with Crippen LogP contribution in [-0.4, -0.2) is 29.1 Å². The van der Waals surface area contributed by atoms with Gasteiger partial charge in [0.05, 0.1) is 26.9 Å². The van der Waals surface area contributed by atoms with Crippen LogP contribution >= 0.6 is 0 Å². The standard InChI is InChI=1S/C23H21N9O4S/c1-15-21(28-27-17-7-13-20(14-8-17)37(35,36)30-23(24)25)22(26-16-5-3-2-4-6-16)29-31(15)18-9-11-19(12-10-18)32(33)34/h2-14H,1H3,(H,26,29)(H4,24,25,30). The van der Waals surface area contributed by atoms with Gasteiger partial charge in [-0.25, -0.2) is 4.68 Å². The summed E-state index contributed by atoms with van der Waals surface area (Å²) in [6, 6.07) is 20.8. The van der Waals surface area contributed by atoms with Crippen molar-refractivity contribution in [2.75, 3.05) is 5.32 Å². The Morgan fingerprint density at radius 3 is 2.22 bits per heavy atom. The highest BCUT2D eigenvalue weighted by molar-refractivity contribution is 7.90. The molecule has 14 heteroatoms. The van der Waals surface area contributed by atoms with Gasteiger partial charge in [0.2, 0.25) is 5.96 Å². The van der Waals surface area contributed by atoms with Crippen LogP contribution in [0.4, 0.5) is 28.6 Å². The number of sulfonamides is 1. The van der Waals surface area contributed by atoms with Gasteiger partial charge in [-0.05, 0) is 55.5 Å². The maximum atomic E-state index is 12.1. The molecule has 5 N–H and O–H groups in total. The second kappa shape index (κ2) is 10.2. The molecule has 0 radical (unpaired) electrons. The molecule has 0 atom stereocenters. The molecule has 0 amide bonds. The second-order valence-electron chi connectivity index (χ2n) is 7.64. The topological polar surface area (TPSA) is 196 Å². The number of nitrogens with one attached hydrogen (secondary N) is 1. The molecule has 0 aliphatic heterocycles. The third-order valence-corrected chi connectivity index (χ3v) is 6.37. The lowest BCUT2D eigenvalue weighted by atomic mass is 10.2. The smallest absolute Gasteiger partial charge is 0.285 e. The van der Waals surface area contributed by atoms with Crippen molar-refractivity contribution in [3.63, 3.8) is 0 Å². The van der Waals surface area contributed by atoms with E-state index in [2.05, 4.69) is 25.0 Å². The van der Waals surface area contributed by atoms with Crippen LogP contribution in [0.5, 0.6) is 0 Å². The fourth-order valence-corrected chi connectivity index (χ4v) is 4.17. The van der Waals surface area contributed by atoms with Gasteiger partial charge in [0.15, 0.2) is 11.5 Å². The molecule has 4 aromatic rings. The van der Waals surface area contributed by atoms with Gasteiger partial charge in [-0.2, -0.15) is 13.5 Å². The number of anilines is 2. The normalized spacial score (nSPS) is 11.4. The van der Waals surface area contributed by atoms with E-state index in [1.165, 1.54) is 36.4 Å². The van der Waals surface area contributed by atoms with Crippen molar-refractivity contribution >= 4 is 44.6 Å². The number of nitro groups is 1. The Kier molecular flexibility index (Phi) is 6.92. The highest BCUT2D eigenvalue weighted by Crippen LogP contribution is 2.34. The lowest BCUT2D eigenvalue weighted by Gasteiger charge is -2.03. The molecule has 13 nitrogen and oxygen atoms in total. The molecule has 1 aromatic heterocycles. The molecule has 0 saturated carbocycles. The van der Waals surface area contributed by atoms with Gasteiger partial charge < -0.3 is 16.8 Å². The minimum absolute atomic E-state index is 0.0404. The van der Waals surface area contributed by atoms with Crippen molar-refractivity contribution in [1.29, 1.82) is 0 Å². The summed E-state index contributed by atoms with van der Waals surface area (Å²) in [5.41, 5.74) is 13.1.